The highest BCUT2D eigenvalue weighted by atomic mass is 32.2. The molecule has 6 heteroatoms. The molecular weight excluding hydrogens is 250 g/mol. The van der Waals surface area contributed by atoms with Crippen molar-refractivity contribution >= 4 is 17.7 Å². The lowest BCUT2D eigenvalue weighted by Crippen LogP contribution is -2.14. The third-order valence-electron chi connectivity index (χ3n) is 3.24. The highest BCUT2D eigenvalue weighted by Gasteiger charge is 2.32. The molecule has 1 N–H and O–H groups in total. The first-order valence-corrected chi connectivity index (χ1v) is 7.28. The lowest BCUT2D eigenvalue weighted by atomic mass is 10.1. The van der Waals surface area contributed by atoms with Crippen LogP contribution in [0.1, 0.15) is 51.4 Å². The Balaban J connectivity index is 2.24. The number of rotatable bonds is 6. The third kappa shape index (κ3) is 2.85. The van der Waals surface area contributed by atoms with E-state index in [1.54, 1.807) is 0 Å². The molecule has 1 fully saturated rings. The summed E-state index contributed by atoms with van der Waals surface area (Å²) in [5.74, 6) is 1.18. The molecule has 1 aliphatic carbocycles. The number of hydrogen-bond donors (Lipinski definition) is 1. The van der Waals surface area contributed by atoms with Gasteiger partial charge in [-0.1, -0.05) is 25.6 Å². The van der Waals surface area contributed by atoms with Gasteiger partial charge >= 0.3 is 5.97 Å². The summed E-state index contributed by atoms with van der Waals surface area (Å²) < 4.78 is 2.13. The fourth-order valence-corrected chi connectivity index (χ4v) is 2.83. The van der Waals surface area contributed by atoms with E-state index in [-0.39, 0.29) is 5.75 Å². The van der Waals surface area contributed by atoms with Crippen LogP contribution in [0.4, 0.5) is 0 Å². The molecule has 2 rings (SSSR count). The zero-order valence-corrected chi connectivity index (χ0v) is 11.8. The smallest absolute Gasteiger partial charge is 0.313 e. The molecule has 0 spiro atoms. The van der Waals surface area contributed by atoms with Crippen molar-refractivity contribution in [2.75, 3.05) is 5.75 Å². The number of aromatic nitrogens is 3. The second-order valence-electron chi connectivity index (χ2n) is 5.13. The van der Waals surface area contributed by atoms with Crippen molar-refractivity contribution in [3.05, 3.63) is 5.82 Å². The molecular formula is C12H19N3O2S. The molecule has 1 heterocycles. The van der Waals surface area contributed by atoms with Crippen LogP contribution in [0.3, 0.4) is 0 Å². The van der Waals surface area contributed by atoms with E-state index in [1.807, 2.05) is 0 Å². The number of thioether (sulfide) groups is 1. The molecule has 0 bridgehead atoms. The Hall–Kier alpha value is -1.04. The number of nitrogens with zero attached hydrogens (tertiary/aromatic N) is 3. The Labute approximate surface area is 111 Å². The molecule has 1 atom stereocenters. The van der Waals surface area contributed by atoms with Crippen molar-refractivity contribution in [2.24, 2.45) is 5.92 Å². The van der Waals surface area contributed by atoms with Crippen LogP contribution in [-0.2, 0) is 4.79 Å². The van der Waals surface area contributed by atoms with Gasteiger partial charge in [0.2, 0.25) is 0 Å². The summed E-state index contributed by atoms with van der Waals surface area (Å²) in [6.45, 7) is 6.36. The Morgan fingerprint density at radius 1 is 1.44 bits per heavy atom. The lowest BCUT2D eigenvalue weighted by molar-refractivity contribution is -0.133. The Bertz CT molecular complexity index is 441. The van der Waals surface area contributed by atoms with Gasteiger partial charge in [-0.3, -0.25) is 4.79 Å². The average molecular weight is 269 g/mol. The van der Waals surface area contributed by atoms with Crippen LogP contribution >= 0.6 is 11.8 Å². The van der Waals surface area contributed by atoms with E-state index in [1.165, 1.54) is 24.6 Å². The molecule has 0 aliphatic heterocycles. The summed E-state index contributed by atoms with van der Waals surface area (Å²) in [7, 11) is 0. The van der Waals surface area contributed by atoms with Crippen molar-refractivity contribution in [3.63, 3.8) is 0 Å². The number of carbonyl (C=O) groups is 1. The maximum absolute atomic E-state index is 10.7. The second-order valence-corrected chi connectivity index (χ2v) is 6.07. The van der Waals surface area contributed by atoms with Crippen LogP contribution in [0, 0.1) is 5.92 Å². The first kappa shape index (κ1) is 13.4. The van der Waals surface area contributed by atoms with Crippen LogP contribution in [-0.4, -0.2) is 31.6 Å². The first-order chi connectivity index (χ1) is 8.50. The molecule has 0 saturated heterocycles. The largest absolute Gasteiger partial charge is 0.481 e. The van der Waals surface area contributed by atoms with E-state index < -0.39 is 5.97 Å². The highest BCUT2D eigenvalue weighted by Crippen LogP contribution is 2.42. The van der Waals surface area contributed by atoms with E-state index in [0.29, 0.717) is 17.9 Å². The topological polar surface area (TPSA) is 68.0 Å². The highest BCUT2D eigenvalue weighted by molar-refractivity contribution is 7.99. The normalized spacial score (nSPS) is 17.1. The molecule has 1 unspecified atom stereocenters. The molecule has 18 heavy (non-hydrogen) atoms. The van der Waals surface area contributed by atoms with Crippen molar-refractivity contribution in [2.45, 2.75) is 50.7 Å². The van der Waals surface area contributed by atoms with Crippen molar-refractivity contribution < 1.29 is 9.90 Å². The molecule has 1 saturated carbocycles. The number of hydrogen-bond acceptors (Lipinski definition) is 4. The minimum absolute atomic E-state index is 0.0353. The Morgan fingerprint density at radius 2 is 2.11 bits per heavy atom. The minimum atomic E-state index is -0.820. The van der Waals surface area contributed by atoms with Gasteiger partial charge in [0.05, 0.1) is 5.75 Å². The Morgan fingerprint density at radius 3 is 2.61 bits per heavy atom. The van der Waals surface area contributed by atoms with Crippen LogP contribution in [0.2, 0.25) is 0 Å². The van der Waals surface area contributed by atoms with Crippen molar-refractivity contribution in [1.29, 1.82) is 0 Å². The monoisotopic (exact) mass is 269 g/mol. The summed E-state index contributed by atoms with van der Waals surface area (Å²) in [5, 5.41) is 17.9. The van der Waals surface area contributed by atoms with Crippen LogP contribution in [0.15, 0.2) is 5.16 Å². The zero-order chi connectivity index (χ0) is 13.3. The summed E-state index contributed by atoms with van der Waals surface area (Å²) in [6, 6.07) is 0.369. The fraction of sp³-hybridized carbons (Fsp3) is 0.750. The Kier molecular flexibility index (Phi) is 3.94. The van der Waals surface area contributed by atoms with Crippen molar-refractivity contribution in [1.82, 2.24) is 14.8 Å². The average Bonchev–Trinajstić information content (AvgIpc) is 3.04. The zero-order valence-electron chi connectivity index (χ0n) is 11.0. The fourth-order valence-electron chi connectivity index (χ4n) is 2.08. The lowest BCUT2D eigenvalue weighted by Gasteiger charge is -2.18. The van der Waals surface area contributed by atoms with Crippen LogP contribution in [0.25, 0.3) is 0 Å². The van der Waals surface area contributed by atoms with E-state index >= 15 is 0 Å². The van der Waals surface area contributed by atoms with E-state index in [2.05, 4.69) is 35.5 Å². The van der Waals surface area contributed by atoms with Gasteiger partial charge in [0.25, 0.3) is 0 Å². The molecule has 1 aromatic rings. The van der Waals surface area contributed by atoms with E-state index in [0.717, 1.165) is 11.0 Å². The van der Waals surface area contributed by atoms with Gasteiger partial charge in [0, 0.05) is 12.0 Å². The molecule has 0 aromatic carbocycles. The van der Waals surface area contributed by atoms with E-state index in [4.69, 9.17) is 5.11 Å². The molecule has 1 aromatic heterocycles. The van der Waals surface area contributed by atoms with E-state index in [9.17, 15) is 4.79 Å². The SMILES string of the molecule is CC(C)c1nnc(SCC(=O)O)n1C(C)C1CC1. The van der Waals surface area contributed by atoms with Gasteiger partial charge in [-0.25, -0.2) is 0 Å². The van der Waals surface area contributed by atoms with Gasteiger partial charge in [-0.2, -0.15) is 0 Å². The number of carboxylic acid groups (broad SMARTS) is 1. The maximum atomic E-state index is 10.7. The minimum Gasteiger partial charge on any atom is -0.481 e. The first-order valence-electron chi connectivity index (χ1n) is 6.30. The predicted octanol–water partition coefficient (Wildman–Crippen LogP) is 2.55. The van der Waals surface area contributed by atoms with Crippen LogP contribution < -0.4 is 0 Å². The number of aliphatic carboxylic acids is 1. The maximum Gasteiger partial charge on any atom is 0.313 e. The van der Waals surface area contributed by atoms with Gasteiger partial charge in [0.15, 0.2) is 5.16 Å². The predicted molar refractivity (Wildman–Crippen MR) is 69.9 cm³/mol. The summed E-state index contributed by atoms with van der Waals surface area (Å²) in [6.07, 6.45) is 2.50. The van der Waals surface area contributed by atoms with Gasteiger partial charge < -0.3 is 9.67 Å². The summed E-state index contributed by atoms with van der Waals surface area (Å²) >= 11 is 1.26. The standard InChI is InChI=1S/C12H19N3O2S/c1-7(2)11-13-14-12(18-6-10(16)17)15(11)8(3)9-4-5-9/h7-9H,4-6H2,1-3H3,(H,16,17). The number of carboxylic acids is 1. The molecule has 5 nitrogen and oxygen atoms in total. The molecule has 0 radical (unpaired) electrons. The third-order valence-corrected chi connectivity index (χ3v) is 4.17. The quantitative estimate of drug-likeness (QED) is 0.804. The second kappa shape index (κ2) is 5.30. The van der Waals surface area contributed by atoms with Gasteiger partial charge in [-0.15, -0.1) is 10.2 Å². The van der Waals surface area contributed by atoms with Gasteiger partial charge in [-0.05, 0) is 25.7 Å². The van der Waals surface area contributed by atoms with Gasteiger partial charge in [0.1, 0.15) is 5.82 Å². The van der Waals surface area contributed by atoms with Crippen molar-refractivity contribution in [3.8, 4) is 0 Å². The molecule has 1 aliphatic rings. The summed E-state index contributed by atoms with van der Waals surface area (Å²) in [5.41, 5.74) is 0. The molecule has 0 amide bonds. The van der Waals surface area contributed by atoms with Crippen LogP contribution in [0.5, 0.6) is 0 Å². The molecule has 100 valence electrons. The summed E-state index contributed by atoms with van der Waals surface area (Å²) in [4.78, 5) is 10.7.